The van der Waals surface area contributed by atoms with Crippen LogP contribution in [0, 0.1) is 11.8 Å². The Morgan fingerprint density at radius 3 is 3.00 bits per heavy atom. The molecule has 3 aliphatic heterocycles. The fourth-order valence-corrected chi connectivity index (χ4v) is 3.89. The molecule has 0 radical (unpaired) electrons. The van der Waals surface area contributed by atoms with Gasteiger partial charge in [-0.3, -0.25) is 9.88 Å². The molecule has 3 nitrogen and oxygen atoms in total. The Morgan fingerprint density at radius 2 is 2.19 bits per heavy atom. The maximum atomic E-state index is 4.44. The number of benzene rings is 1. The average Bonchev–Trinajstić information content (AvgIpc) is 2.56. The van der Waals surface area contributed by atoms with Crippen molar-refractivity contribution in [1.82, 2.24) is 9.88 Å². The summed E-state index contributed by atoms with van der Waals surface area (Å²) in [4.78, 5) is 7.01. The molecule has 5 rings (SSSR count). The number of aromatic nitrogens is 1. The van der Waals surface area contributed by atoms with Gasteiger partial charge in [-0.2, -0.15) is 0 Å². The van der Waals surface area contributed by atoms with Gasteiger partial charge in [-0.15, -0.1) is 6.58 Å². The number of piperidine rings is 3. The summed E-state index contributed by atoms with van der Waals surface area (Å²) in [5.74, 6) is 1.46. The van der Waals surface area contributed by atoms with Gasteiger partial charge in [0.25, 0.3) is 0 Å². The van der Waals surface area contributed by atoms with Gasteiger partial charge < -0.3 is 5.32 Å². The Hall–Kier alpha value is -1.87. The van der Waals surface area contributed by atoms with Crippen LogP contribution in [0.25, 0.3) is 10.9 Å². The fourth-order valence-electron chi connectivity index (χ4n) is 3.89. The minimum Gasteiger partial charge on any atom is -0.369 e. The van der Waals surface area contributed by atoms with Crippen LogP contribution in [0.4, 0.5) is 5.69 Å². The van der Waals surface area contributed by atoms with E-state index in [-0.39, 0.29) is 0 Å². The first kappa shape index (κ1) is 12.8. The first-order valence-corrected chi connectivity index (χ1v) is 7.82. The molecule has 0 amide bonds. The summed E-state index contributed by atoms with van der Waals surface area (Å²) >= 11 is 0. The molecule has 1 aromatic heterocycles. The van der Waals surface area contributed by atoms with Crippen LogP contribution < -0.4 is 5.32 Å². The van der Waals surface area contributed by atoms with E-state index in [2.05, 4.69) is 52.1 Å². The number of anilines is 1. The van der Waals surface area contributed by atoms with Crippen molar-refractivity contribution in [3.8, 4) is 0 Å². The van der Waals surface area contributed by atoms with Crippen LogP contribution in [0.3, 0.4) is 0 Å². The van der Waals surface area contributed by atoms with Crippen molar-refractivity contribution in [1.29, 1.82) is 0 Å². The van der Waals surface area contributed by atoms with Gasteiger partial charge >= 0.3 is 0 Å². The van der Waals surface area contributed by atoms with E-state index in [0.29, 0.717) is 12.1 Å². The lowest BCUT2D eigenvalue weighted by Crippen LogP contribution is -2.55. The van der Waals surface area contributed by atoms with Gasteiger partial charge in [0.2, 0.25) is 0 Å². The predicted molar refractivity (Wildman–Crippen MR) is 87.1 cm³/mol. The van der Waals surface area contributed by atoms with Crippen LogP contribution in [0.1, 0.15) is 12.8 Å². The zero-order valence-corrected chi connectivity index (χ0v) is 12.2. The fraction of sp³-hybridized carbons (Fsp3) is 0.389. The SMILES string of the molecule is C=CC1CN2CCC1CC2Nc1ccnc2ccccc12. The van der Waals surface area contributed by atoms with E-state index < -0.39 is 0 Å². The third-order valence-electron chi connectivity index (χ3n) is 5.08. The summed E-state index contributed by atoms with van der Waals surface area (Å²) in [5.41, 5.74) is 2.26. The number of hydrogen-bond acceptors (Lipinski definition) is 3. The normalized spacial score (nSPS) is 31.2. The molecule has 4 atom stereocenters. The molecule has 0 spiro atoms. The number of fused-ring (bicyclic) bond motifs is 4. The molecule has 3 saturated heterocycles. The molecule has 2 bridgehead atoms. The zero-order valence-electron chi connectivity index (χ0n) is 12.2. The summed E-state index contributed by atoms with van der Waals surface area (Å²) in [5, 5.41) is 4.96. The van der Waals surface area contributed by atoms with Gasteiger partial charge in [0.1, 0.15) is 0 Å². The number of nitrogens with zero attached hydrogens (tertiary/aromatic N) is 2. The molecule has 1 N–H and O–H groups in total. The Bertz CT molecular complexity index is 661. The highest BCUT2D eigenvalue weighted by Crippen LogP contribution is 2.37. The summed E-state index contributed by atoms with van der Waals surface area (Å²) in [6.07, 6.45) is 7.02. The van der Waals surface area contributed by atoms with Gasteiger partial charge in [-0.1, -0.05) is 24.3 Å². The molecule has 21 heavy (non-hydrogen) atoms. The molecular weight excluding hydrogens is 258 g/mol. The molecule has 0 aliphatic carbocycles. The van der Waals surface area contributed by atoms with Crippen LogP contribution in [-0.4, -0.2) is 29.1 Å². The van der Waals surface area contributed by atoms with Gasteiger partial charge in [0.15, 0.2) is 0 Å². The van der Waals surface area contributed by atoms with Crippen molar-refractivity contribution in [2.45, 2.75) is 19.0 Å². The average molecular weight is 279 g/mol. The number of hydrogen-bond donors (Lipinski definition) is 1. The second kappa shape index (κ2) is 5.15. The third kappa shape index (κ3) is 2.22. The molecule has 2 aromatic rings. The minimum atomic E-state index is 0.450. The van der Waals surface area contributed by atoms with E-state index in [1.54, 1.807) is 0 Å². The topological polar surface area (TPSA) is 28.2 Å². The quantitative estimate of drug-likeness (QED) is 0.872. The van der Waals surface area contributed by atoms with Crippen LogP contribution in [0.5, 0.6) is 0 Å². The number of pyridine rings is 1. The number of rotatable bonds is 3. The highest BCUT2D eigenvalue weighted by molar-refractivity contribution is 5.90. The lowest BCUT2D eigenvalue weighted by Gasteiger charge is -2.49. The molecule has 4 unspecified atom stereocenters. The van der Waals surface area contributed by atoms with Gasteiger partial charge in [-0.25, -0.2) is 0 Å². The third-order valence-corrected chi connectivity index (χ3v) is 5.08. The van der Waals surface area contributed by atoms with E-state index in [1.807, 2.05) is 12.3 Å². The maximum absolute atomic E-state index is 4.44. The monoisotopic (exact) mass is 279 g/mol. The molecule has 3 heteroatoms. The summed E-state index contributed by atoms with van der Waals surface area (Å²) in [6.45, 7) is 6.35. The van der Waals surface area contributed by atoms with Crippen molar-refractivity contribution in [2.24, 2.45) is 11.8 Å². The summed E-state index contributed by atoms with van der Waals surface area (Å²) in [7, 11) is 0. The molecular formula is C18H21N3. The first-order valence-electron chi connectivity index (χ1n) is 7.82. The lowest BCUT2D eigenvalue weighted by atomic mass is 9.77. The second-order valence-corrected chi connectivity index (χ2v) is 6.21. The minimum absolute atomic E-state index is 0.450. The first-order chi connectivity index (χ1) is 10.3. The van der Waals surface area contributed by atoms with Crippen molar-refractivity contribution in [2.75, 3.05) is 18.4 Å². The Balaban J connectivity index is 1.60. The van der Waals surface area contributed by atoms with Crippen LogP contribution in [-0.2, 0) is 0 Å². The smallest absolute Gasteiger partial charge is 0.0796 e. The van der Waals surface area contributed by atoms with Crippen molar-refractivity contribution in [3.63, 3.8) is 0 Å². The number of para-hydroxylation sites is 1. The largest absolute Gasteiger partial charge is 0.369 e. The van der Waals surface area contributed by atoms with Crippen LogP contribution >= 0.6 is 0 Å². The van der Waals surface area contributed by atoms with E-state index in [4.69, 9.17) is 0 Å². The van der Waals surface area contributed by atoms with Gasteiger partial charge in [0.05, 0.1) is 11.7 Å². The number of nitrogens with one attached hydrogen (secondary N) is 1. The summed E-state index contributed by atoms with van der Waals surface area (Å²) in [6, 6.07) is 10.4. The highest BCUT2D eigenvalue weighted by Gasteiger charge is 2.38. The second-order valence-electron chi connectivity index (χ2n) is 6.21. The lowest BCUT2D eigenvalue weighted by molar-refractivity contribution is 0.0319. The molecule has 3 fully saturated rings. The molecule has 3 aliphatic rings. The molecule has 0 saturated carbocycles. The van der Waals surface area contributed by atoms with E-state index in [1.165, 1.54) is 30.5 Å². The van der Waals surface area contributed by atoms with E-state index in [9.17, 15) is 0 Å². The highest BCUT2D eigenvalue weighted by atomic mass is 15.3. The maximum Gasteiger partial charge on any atom is 0.0796 e. The molecule has 4 heterocycles. The summed E-state index contributed by atoms with van der Waals surface area (Å²) < 4.78 is 0. The zero-order chi connectivity index (χ0) is 14.2. The van der Waals surface area contributed by atoms with E-state index >= 15 is 0 Å². The standard InChI is InChI=1S/C18H21N3/c1-2-13-12-21-10-8-14(13)11-18(21)20-17-7-9-19-16-6-4-3-5-15(16)17/h2-7,9,13-14,18H,1,8,10-12H2,(H,19,20). The van der Waals surface area contributed by atoms with Gasteiger partial charge in [0, 0.05) is 30.4 Å². The Labute approximate surface area is 125 Å². The predicted octanol–water partition coefficient (Wildman–Crippen LogP) is 3.50. The Kier molecular flexibility index (Phi) is 3.15. The Morgan fingerprint density at radius 1 is 1.29 bits per heavy atom. The van der Waals surface area contributed by atoms with Crippen LogP contribution in [0.2, 0.25) is 0 Å². The van der Waals surface area contributed by atoms with Gasteiger partial charge in [-0.05, 0) is 36.8 Å². The van der Waals surface area contributed by atoms with Crippen molar-refractivity contribution < 1.29 is 0 Å². The molecule has 108 valence electrons. The molecule has 1 aromatic carbocycles. The van der Waals surface area contributed by atoms with E-state index in [0.717, 1.165) is 18.0 Å². The van der Waals surface area contributed by atoms with Crippen molar-refractivity contribution in [3.05, 3.63) is 49.2 Å². The van der Waals surface area contributed by atoms with Crippen LogP contribution in [0.15, 0.2) is 49.2 Å². The van der Waals surface area contributed by atoms with Crippen molar-refractivity contribution >= 4 is 16.6 Å².